The number of hydrogen-bond donors (Lipinski definition) is 2. The third-order valence-electron chi connectivity index (χ3n) is 5.69. The smallest absolute Gasteiger partial charge is 0.203 e. The van der Waals surface area contributed by atoms with Crippen molar-refractivity contribution in [1.29, 1.82) is 21.2 Å². The van der Waals surface area contributed by atoms with Gasteiger partial charge in [-0.15, -0.1) is 0 Å². The Labute approximate surface area is 158 Å². The molecule has 1 aliphatic carbocycles. The van der Waals surface area contributed by atoms with E-state index in [0.29, 0.717) is 10.6 Å². The minimum absolute atomic E-state index is 0.104. The molecule has 1 saturated carbocycles. The first kappa shape index (κ1) is 18.2. The van der Waals surface area contributed by atoms with Gasteiger partial charge in [-0.05, 0) is 36.3 Å². The normalized spacial score (nSPS) is 29.5. The molecule has 1 aromatic carbocycles. The van der Waals surface area contributed by atoms with Gasteiger partial charge in [0.15, 0.2) is 0 Å². The Morgan fingerprint density at radius 2 is 1.88 bits per heavy atom. The van der Waals surface area contributed by atoms with Crippen LogP contribution in [0.4, 0.5) is 0 Å². The van der Waals surface area contributed by atoms with Crippen molar-refractivity contribution in [3.63, 3.8) is 0 Å². The fourth-order valence-corrected chi connectivity index (χ4v) is 4.41. The molecule has 4 atom stereocenters. The van der Waals surface area contributed by atoms with E-state index in [4.69, 9.17) is 17.0 Å². The summed E-state index contributed by atoms with van der Waals surface area (Å²) in [6.07, 6.45) is 1.95. The van der Waals surface area contributed by atoms with Crippen LogP contribution in [0.25, 0.3) is 0 Å². The summed E-state index contributed by atoms with van der Waals surface area (Å²) in [5, 5.41) is 38.6. The minimum atomic E-state index is -1.63. The molecule has 0 saturated heterocycles. The number of fused-ring (bicyclic) bond motifs is 1. The van der Waals surface area contributed by atoms with Crippen molar-refractivity contribution in [2.45, 2.75) is 12.8 Å². The summed E-state index contributed by atoms with van der Waals surface area (Å²) >= 11 is 6.01. The van der Waals surface area contributed by atoms with E-state index in [9.17, 15) is 15.8 Å². The lowest BCUT2D eigenvalue weighted by atomic mass is 9.55. The number of nitriles is 3. The Balaban J connectivity index is 2.21. The number of benzene rings is 1. The highest BCUT2D eigenvalue weighted by Gasteiger charge is 2.57. The van der Waals surface area contributed by atoms with Gasteiger partial charge < -0.3 is 10.3 Å². The second-order valence-corrected chi connectivity index (χ2v) is 7.29. The molecule has 2 aliphatic rings. The summed E-state index contributed by atoms with van der Waals surface area (Å²) in [5.74, 6) is -1.19. The number of hydrogen-bond acceptors (Lipinski definition) is 4. The number of nitrogens with one attached hydrogen (secondary N) is 2. The van der Waals surface area contributed by atoms with Gasteiger partial charge in [0.1, 0.15) is 0 Å². The van der Waals surface area contributed by atoms with E-state index in [0.717, 1.165) is 25.2 Å². The average molecular weight is 365 g/mol. The Kier molecular flexibility index (Phi) is 4.84. The molecule has 1 aromatic rings. The van der Waals surface area contributed by atoms with E-state index < -0.39 is 11.3 Å². The van der Waals surface area contributed by atoms with Crippen LogP contribution in [-0.4, -0.2) is 25.3 Å². The monoisotopic (exact) mass is 364 g/mol. The van der Waals surface area contributed by atoms with Crippen LogP contribution in [0.1, 0.15) is 18.4 Å². The summed E-state index contributed by atoms with van der Waals surface area (Å²) in [6.45, 7) is 4.49. The first-order valence-electron chi connectivity index (χ1n) is 8.63. The molecule has 130 valence electrons. The summed E-state index contributed by atoms with van der Waals surface area (Å²) < 4.78 is 0. The Morgan fingerprint density at radius 3 is 2.42 bits per heavy atom. The van der Waals surface area contributed by atoms with Gasteiger partial charge in [-0.25, -0.2) is 0 Å². The first-order chi connectivity index (χ1) is 12.5. The Bertz CT molecular complexity index is 867. The van der Waals surface area contributed by atoms with Crippen molar-refractivity contribution in [3.05, 3.63) is 46.5 Å². The van der Waals surface area contributed by atoms with E-state index in [-0.39, 0.29) is 17.5 Å². The van der Waals surface area contributed by atoms with Crippen molar-refractivity contribution in [2.24, 2.45) is 17.3 Å². The number of rotatable bonds is 2. The van der Waals surface area contributed by atoms with Gasteiger partial charge in [-0.2, -0.15) is 15.8 Å². The predicted octanol–water partition coefficient (Wildman–Crippen LogP) is 2.09. The van der Waals surface area contributed by atoms with E-state index in [1.165, 1.54) is 4.90 Å². The average Bonchev–Trinajstić information content (AvgIpc) is 2.68. The summed E-state index contributed by atoms with van der Waals surface area (Å²) in [7, 11) is 0. The molecule has 0 aromatic heterocycles. The molecule has 0 radical (unpaired) electrons. The van der Waals surface area contributed by atoms with Gasteiger partial charge in [0, 0.05) is 16.9 Å². The van der Waals surface area contributed by atoms with Gasteiger partial charge in [0.2, 0.25) is 5.41 Å². The molecule has 0 spiro atoms. The fraction of sp³-hybridized carbons (Fsp3) is 0.400. The maximum Gasteiger partial charge on any atom is 0.203 e. The number of quaternary nitrogens is 1. The molecule has 1 aliphatic heterocycles. The number of nitrogens with zero attached hydrogens (tertiary/aromatic N) is 3. The molecule has 1 fully saturated rings. The first-order valence-corrected chi connectivity index (χ1v) is 9.00. The molecule has 2 N–H and O–H groups in total. The van der Waals surface area contributed by atoms with Crippen molar-refractivity contribution in [1.82, 2.24) is 0 Å². The topological polar surface area (TPSA) is 99.7 Å². The molecule has 0 bridgehead atoms. The second kappa shape index (κ2) is 6.93. The predicted molar refractivity (Wildman–Crippen MR) is 97.5 cm³/mol. The van der Waals surface area contributed by atoms with Crippen LogP contribution in [0.2, 0.25) is 5.02 Å². The van der Waals surface area contributed by atoms with E-state index in [1.807, 2.05) is 18.2 Å². The summed E-state index contributed by atoms with van der Waals surface area (Å²) in [4.78, 5) is 1.34. The van der Waals surface area contributed by atoms with Crippen LogP contribution in [0, 0.1) is 56.7 Å². The van der Waals surface area contributed by atoms with Crippen LogP contribution in [0.5, 0.6) is 0 Å². The van der Waals surface area contributed by atoms with E-state index >= 15 is 0 Å². The zero-order valence-electron chi connectivity index (χ0n) is 14.5. The van der Waals surface area contributed by atoms with Crippen LogP contribution >= 0.6 is 11.6 Å². The molecule has 0 amide bonds. The Morgan fingerprint density at radius 1 is 1.23 bits per heavy atom. The zero-order valence-corrected chi connectivity index (χ0v) is 15.2. The molecule has 6 heteroatoms. The quantitative estimate of drug-likeness (QED) is 0.786. The maximum absolute atomic E-state index is 9.82. The largest absolute Gasteiger partial charge is 0.331 e. The van der Waals surface area contributed by atoms with Crippen LogP contribution in [0.15, 0.2) is 35.9 Å². The van der Waals surface area contributed by atoms with E-state index in [2.05, 4.69) is 25.1 Å². The van der Waals surface area contributed by atoms with Crippen molar-refractivity contribution < 1.29 is 4.90 Å². The number of likely N-dealkylation sites (N-methyl/N-ethyl adjacent to an activating group) is 1. The SMILES string of the molecule is CC[NH+]1CC=C2[C@@H](C1)[C@H](c1ccc(Cl)cc1)[C@H](C#N)C(=N)C2(C#N)C#N. The highest BCUT2D eigenvalue weighted by molar-refractivity contribution is 6.30. The van der Waals surface area contributed by atoms with Crippen molar-refractivity contribution in [3.8, 4) is 18.2 Å². The second-order valence-electron chi connectivity index (χ2n) is 6.85. The van der Waals surface area contributed by atoms with Gasteiger partial charge in [0.05, 0.1) is 49.5 Å². The third kappa shape index (κ3) is 2.60. The Hall–Kier alpha value is -2.65. The molecule has 26 heavy (non-hydrogen) atoms. The lowest BCUT2D eigenvalue weighted by Crippen LogP contribution is -3.13. The van der Waals surface area contributed by atoms with Gasteiger partial charge in [0.25, 0.3) is 0 Å². The number of halogens is 1. The molecular weight excluding hydrogens is 346 g/mol. The summed E-state index contributed by atoms with van der Waals surface area (Å²) in [5.41, 5.74) is -0.125. The highest BCUT2D eigenvalue weighted by Crippen LogP contribution is 2.51. The molecule has 3 rings (SSSR count). The zero-order chi connectivity index (χ0) is 18.9. The van der Waals surface area contributed by atoms with Crippen LogP contribution in [0.3, 0.4) is 0 Å². The highest BCUT2D eigenvalue weighted by atomic mass is 35.5. The molecule has 1 heterocycles. The van der Waals surface area contributed by atoms with Crippen LogP contribution in [-0.2, 0) is 0 Å². The molecular formula is C20H19ClN5+. The van der Waals surface area contributed by atoms with Gasteiger partial charge in [-0.3, -0.25) is 0 Å². The fourth-order valence-electron chi connectivity index (χ4n) is 4.28. The lowest BCUT2D eigenvalue weighted by Gasteiger charge is -2.45. The van der Waals surface area contributed by atoms with Crippen LogP contribution < -0.4 is 4.90 Å². The van der Waals surface area contributed by atoms with Gasteiger partial charge in [-0.1, -0.05) is 23.7 Å². The molecule has 5 nitrogen and oxygen atoms in total. The maximum atomic E-state index is 9.82. The van der Waals surface area contributed by atoms with E-state index in [1.54, 1.807) is 12.1 Å². The van der Waals surface area contributed by atoms with Crippen molar-refractivity contribution >= 4 is 17.3 Å². The minimum Gasteiger partial charge on any atom is -0.331 e. The van der Waals surface area contributed by atoms with Crippen molar-refractivity contribution in [2.75, 3.05) is 19.6 Å². The standard InChI is InChI=1S/C20H18ClN5/c1-2-26-8-7-17-16(10-26)18(13-3-5-14(21)6-4-13)15(9-22)19(25)20(17,11-23)12-24/h3-7,15-16,18,25H,2,8,10H2,1H3/p+1/t15-,16+,18+/m0/s1. The summed E-state index contributed by atoms with van der Waals surface area (Å²) in [6, 6.07) is 13.7. The third-order valence-corrected chi connectivity index (χ3v) is 5.94. The lowest BCUT2D eigenvalue weighted by molar-refractivity contribution is -0.897. The molecule has 1 unspecified atom stereocenters. The van der Waals surface area contributed by atoms with Gasteiger partial charge >= 0.3 is 0 Å².